The largest absolute Gasteiger partial charge is 0.493 e. The van der Waals surface area contributed by atoms with Crippen molar-refractivity contribution in [2.24, 2.45) is 0 Å². The van der Waals surface area contributed by atoms with E-state index in [1.807, 2.05) is 0 Å². The second kappa shape index (κ2) is 8.19. The Morgan fingerprint density at radius 2 is 2.04 bits per heavy atom. The van der Waals surface area contributed by atoms with Gasteiger partial charge in [-0.15, -0.1) is 0 Å². The molecule has 1 saturated heterocycles. The van der Waals surface area contributed by atoms with Crippen LogP contribution in [0, 0.1) is 0 Å². The number of hydrogen-bond donors (Lipinski definition) is 1. The lowest BCUT2D eigenvalue weighted by Gasteiger charge is -2.15. The fourth-order valence-electron chi connectivity index (χ4n) is 2.32. The third-order valence-electron chi connectivity index (χ3n) is 3.64. The molecule has 0 unspecified atom stereocenters. The molecule has 2 heterocycles. The number of methoxy groups -OCH3 is 2. The van der Waals surface area contributed by atoms with Gasteiger partial charge in [0.2, 0.25) is 0 Å². The first-order valence-corrected chi connectivity index (χ1v) is 8.97. The van der Waals surface area contributed by atoms with E-state index < -0.39 is 11.8 Å². The Balaban J connectivity index is 1.79. The molecule has 9 heteroatoms. The van der Waals surface area contributed by atoms with Crippen molar-refractivity contribution in [2.75, 3.05) is 14.2 Å². The van der Waals surface area contributed by atoms with Crippen molar-refractivity contribution in [2.45, 2.75) is 0 Å². The summed E-state index contributed by atoms with van der Waals surface area (Å²) in [6.45, 7) is 0. The third-order valence-corrected chi connectivity index (χ3v) is 4.94. The molecule has 1 aromatic heterocycles. The number of nitrogens with one attached hydrogen (secondary N) is 1. The van der Waals surface area contributed by atoms with Crippen molar-refractivity contribution < 1.29 is 19.1 Å². The van der Waals surface area contributed by atoms with E-state index in [9.17, 15) is 9.59 Å². The molecular formula is C18H15N3O4S2. The van der Waals surface area contributed by atoms with Gasteiger partial charge in [-0.1, -0.05) is 17.8 Å². The van der Waals surface area contributed by atoms with Gasteiger partial charge in [0.15, 0.2) is 15.8 Å². The number of ether oxygens (including phenoxy) is 2. The van der Waals surface area contributed by atoms with E-state index in [1.54, 1.807) is 49.7 Å². The van der Waals surface area contributed by atoms with Crippen LogP contribution >= 0.6 is 24.0 Å². The van der Waals surface area contributed by atoms with Crippen molar-refractivity contribution >= 4 is 46.2 Å². The number of hydrogen-bond acceptors (Lipinski definition) is 7. The second-order valence-electron chi connectivity index (χ2n) is 5.31. The van der Waals surface area contributed by atoms with Crippen molar-refractivity contribution in [3.63, 3.8) is 0 Å². The summed E-state index contributed by atoms with van der Waals surface area (Å²) in [6.07, 6.45) is 4.65. The molecule has 1 aliphatic heterocycles. The number of carbonyl (C=O) groups excluding carboxylic acids is 2. The van der Waals surface area contributed by atoms with Gasteiger partial charge < -0.3 is 9.47 Å². The van der Waals surface area contributed by atoms with Gasteiger partial charge in [0.1, 0.15) is 0 Å². The lowest BCUT2D eigenvalue weighted by atomic mass is 10.2. The Bertz CT molecular complexity index is 931. The number of thioether (sulfide) groups is 1. The highest BCUT2D eigenvalue weighted by molar-refractivity contribution is 8.26. The van der Waals surface area contributed by atoms with E-state index in [1.165, 1.54) is 13.3 Å². The van der Waals surface area contributed by atoms with E-state index in [0.29, 0.717) is 22.0 Å². The molecule has 2 aromatic rings. The van der Waals surface area contributed by atoms with Crippen LogP contribution < -0.4 is 14.9 Å². The summed E-state index contributed by atoms with van der Waals surface area (Å²) in [5, 5.41) is 1.06. The quantitative estimate of drug-likeness (QED) is 0.609. The van der Waals surface area contributed by atoms with Crippen LogP contribution in [0.15, 0.2) is 47.6 Å². The first-order valence-electron chi connectivity index (χ1n) is 7.74. The summed E-state index contributed by atoms with van der Waals surface area (Å²) < 4.78 is 10.7. The van der Waals surface area contributed by atoms with Gasteiger partial charge in [0, 0.05) is 12.4 Å². The van der Waals surface area contributed by atoms with Crippen LogP contribution in [-0.2, 0) is 4.79 Å². The number of pyridine rings is 1. The molecule has 1 fully saturated rings. The Hall–Kier alpha value is -2.91. The number of rotatable bonds is 5. The lowest BCUT2D eigenvalue weighted by Crippen LogP contribution is -2.44. The molecule has 3 rings (SSSR count). The average molecular weight is 401 g/mol. The molecule has 27 heavy (non-hydrogen) atoms. The summed E-state index contributed by atoms with van der Waals surface area (Å²) in [5.41, 5.74) is 3.58. The lowest BCUT2D eigenvalue weighted by molar-refractivity contribution is -0.123. The molecule has 0 spiro atoms. The Labute approximate surface area is 165 Å². The molecule has 0 bridgehead atoms. The van der Waals surface area contributed by atoms with Gasteiger partial charge in [0.05, 0.1) is 24.7 Å². The predicted octanol–water partition coefficient (Wildman–Crippen LogP) is 2.65. The highest BCUT2D eigenvalue weighted by Crippen LogP contribution is 2.34. The predicted molar refractivity (Wildman–Crippen MR) is 106 cm³/mol. The van der Waals surface area contributed by atoms with E-state index >= 15 is 0 Å². The molecule has 0 aliphatic carbocycles. The first-order chi connectivity index (χ1) is 13.0. The van der Waals surface area contributed by atoms with Gasteiger partial charge in [-0.25, -0.2) is 0 Å². The number of aromatic nitrogens is 1. The fraction of sp³-hybridized carbons (Fsp3) is 0.111. The van der Waals surface area contributed by atoms with Crippen LogP contribution in [0.5, 0.6) is 11.5 Å². The Morgan fingerprint density at radius 1 is 1.26 bits per heavy atom. The molecule has 1 aromatic carbocycles. The van der Waals surface area contributed by atoms with Gasteiger partial charge >= 0.3 is 0 Å². The normalized spacial score (nSPS) is 15.2. The van der Waals surface area contributed by atoms with Crippen molar-refractivity contribution in [3.05, 3.63) is 58.8 Å². The summed E-state index contributed by atoms with van der Waals surface area (Å²) in [5.74, 6) is 0.265. The monoisotopic (exact) mass is 401 g/mol. The molecule has 0 atom stereocenters. The minimum atomic E-state index is -0.466. The van der Waals surface area contributed by atoms with Crippen LogP contribution in [-0.4, -0.2) is 40.3 Å². The molecular weight excluding hydrogens is 386 g/mol. The number of amides is 2. The van der Waals surface area contributed by atoms with Crippen LogP contribution in [0.25, 0.3) is 6.08 Å². The van der Waals surface area contributed by atoms with Gasteiger partial charge in [-0.05, 0) is 48.1 Å². The Morgan fingerprint density at radius 3 is 2.70 bits per heavy atom. The van der Waals surface area contributed by atoms with E-state index in [0.717, 1.165) is 22.3 Å². The van der Waals surface area contributed by atoms with E-state index in [-0.39, 0.29) is 4.32 Å². The first kappa shape index (κ1) is 18.9. The minimum absolute atomic E-state index is 0.240. The topological polar surface area (TPSA) is 80.8 Å². The zero-order valence-electron chi connectivity index (χ0n) is 14.5. The SMILES string of the molecule is COc1ccc(/C=C2/SC(=S)N(NC(=O)c3cccnc3)C2=O)cc1OC. The van der Waals surface area contributed by atoms with Gasteiger partial charge in [-0.2, -0.15) is 5.01 Å². The van der Waals surface area contributed by atoms with E-state index in [4.69, 9.17) is 21.7 Å². The average Bonchev–Trinajstić information content (AvgIpc) is 2.95. The molecule has 0 radical (unpaired) electrons. The summed E-state index contributed by atoms with van der Waals surface area (Å²) in [4.78, 5) is 29.1. The molecule has 1 N–H and O–H groups in total. The number of hydrazine groups is 1. The van der Waals surface area contributed by atoms with Crippen molar-refractivity contribution in [1.29, 1.82) is 0 Å². The Kier molecular flexibility index (Phi) is 5.72. The molecule has 2 amide bonds. The maximum atomic E-state index is 12.6. The van der Waals surface area contributed by atoms with Crippen LogP contribution in [0.1, 0.15) is 15.9 Å². The number of nitrogens with zero attached hydrogens (tertiary/aromatic N) is 2. The van der Waals surface area contributed by atoms with Crippen LogP contribution in [0.3, 0.4) is 0 Å². The van der Waals surface area contributed by atoms with Crippen LogP contribution in [0.4, 0.5) is 0 Å². The van der Waals surface area contributed by atoms with E-state index in [2.05, 4.69) is 10.4 Å². The molecule has 0 saturated carbocycles. The maximum absolute atomic E-state index is 12.6. The third kappa shape index (κ3) is 4.09. The second-order valence-corrected chi connectivity index (χ2v) is 6.99. The van der Waals surface area contributed by atoms with Gasteiger partial charge in [0.25, 0.3) is 11.8 Å². The fourth-order valence-corrected chi connectivity index (χ4v) is 3.50. The standard InChI is InChI=1S/C18H15N3O4S2/c1-24-13-6-5-11(8-14(13)25-2)9-15-17(23)21(18(26)27-15)20-16(22)12-4-3-7-19-10-12/h3-10H,1-2H3,(H,20,22)/b15-9+. The zero-order chi connectivity index (χ0) is 19.4. The summed E-state index contributed by atoms with van der Waals surface area (Å²) >= 11 is 6.32. The van der Waals surface area contributed by atoms with Crippen molar-refractivity contribution in [1.82, 2.24) is 15.4 Å². The van der Waals surface area contributed by atoms with Gasteiger partial charge in [-0.3, -0.25) is 20.0 Å². The summed E-state index contributed by atoms with van der Waals surface area (Å²) in [7, 11) is 3.09. The van der Waals surface area contributed by atoms with Crippen LogP contribution in [0.2, 0.25) is 0 Å². The molecule has 138 valence electrons. The number of thiocarbonyl (C=S) groups is 1. The van der Waals surface area contributed by atoms with Crippen molar-refractivity contribution in [3.8, 4) is 11.5 Å². The highest BCUT2D eigenvalue weighted by Gasteiger charge is 2.33. The minimum Gasteiger partial charge on any atom is -0.493 e. The number of carbonyl (C=O) groups is 2. The zero-order valence-corrected chi connectivity index (χ0v) is 16.1. The molecule has 7 nitrogen and oxygen atoms in total. The smallest absolute Gasteiger partial charge is 0.285 e. The maximum Gasteiger partial charge on any atom is 0.285 e. The summed E-state index contributed by atoms with van der Waals surface area (Å²) in [6, 6.07) is 8.52. The highest BCUT2D eigenvalue weighted by atomic mass is 32.2. The number of benzene rings is 1. The molecule has 1 aliphatic rings.